The van der Waals surface area contributed by atoms with Crippen LogP contribution in [-0.2, 0) is 22.6 Å². The predicted molar refractivity (Wildman–Crippen MR) is 96.8 cm³/mol. The van der Waals surface area contributed by atoms with Crippen LogP contribution in [0.2, 0.25) is 0 Å². The fourth-order valence-electron chi connectivity index (χ4n) is 3.15. The molecule has 2 amide bonds. The normalized spacial score (nSPS) is 17.2. The first kappa shape index (κ1) is 17.8. The van der Waals surface area contributed by atoms with Gasteiger partial charge in [-0.05, 0) is 42.3 Å². The van der Waals surface area contributed by atoms with E-state index < -0.39 is 18.1 Å². The second-order valence-electron chi connectivity index (χ2n) is 6.29. The molecule has 2 N–H and O–H groups in total. The topological polar surface area (TPSA) is 81.9 Å². The number of carbonyl (C=O) groups excluding carboxylic acids is 2. The standard InChI is InChI=1S/C20H22N2O4/c1-13(26-17-9-7-16(25-2)8-10-17)20(24)22-12-15-6-4-3-5-14(15)11-18(22)19(21)23/h3-10,13,18H,11-12H2,1-2H3,(H2,21,23)/t13-,18+/m1/s1. The average molecular weight is 354 g/mol. The van der Waals surface area contributed by atoms with Crippen molar-refractivity contribution in [2.45, 2.75) is 32.0 Å². The summed E-state index contributed by atoms with van der Waals surface area (Å²) in [5, 5.41) is 0. The van der Waals surface area contributed by atoms with E-state index >= 15 is 0 Å². The van der Waals surface area contributed by atoms with E-state index in [1.165, 1.54) is 4.90 Å². The first-order valence-electron chi connectivity index (χ1n) is 8.47. The fraction of sp³-hybridized carbons (Fsp3) is 0.300. The van der Waals surface area contributed by atoms with Crippen molar-refractivity contribution in [3.05, 3.63) is 59.7 Å². The Kier molecular flexibility index (Phi) is 5.11. The number of hydrogen-bond acceptors (Lipinski definition) is 4. The number of fused-ring (bicyclic) bond motifs is 1. The maximum Gasteiger partial charge on any atom is 0.264 e. The van der Waals surface area contributed by atoms with Crippen molar-refractivity contribution in [2.75, 3.05) is 7.11 Å². The van der Waals surface area contributed by atoms with Gasteiger partial charge >= 0.3 is 0 Å². The third kappa shape index (κ3) is 3.64. The first-order valence-corrected chi connectivity index (χ1v) is 8.47. The number of benzene rings is 2. The minimum atomic E-state index is -0.740. The molecule has 0 unspecified atom stereocenters. The summed E-state index contributed by atoms with van der Waals surface area (Å²) >= 11 is 0. The van der Waals surface area contributed by atoms with Crippen LogP contribution in [0, 0.1) is 0 Å². The Morgan fingerprint density at radius 2 is 1.69 bits per heavy atom. The third-order valence-corrected chi connectivity index (χ3v) is 4.58. The molecule has 1 heterocycles. The predicted octanol–water partition coefficient (Wildman–Crippen LogP) is 1.90. The molecular weight excluding hydrogens is 332 g/mol. The van der Waals surface area contributed by atoms with Gasteiger partial charge in [-0.25, -0.2) is 0 Å². The summed E-state index contributed by atoms with van der Waals surface area (Å²) in [6, 6.07) is 14.1. The minimum absolute atomic E-state index is 0.265. The summed E-state index contributed by atoms with van der Waals surface area (Å²) in [5.74, 6) is 0.487. The lowest BCUT2D eigenvalue weighted by atomic mass is 9.93. The van der Waals surface area contributed by atoms with Crippen LogP contribution in [0.3, 0.4) is 0 Å². The highest BCUT2D eigenvalue weighted by Crippen LogP contribution is 2.25. The summed E-state index contributed by atoms with van der Waals surface area (Å²) in [4.78, 5) is 26.3. The van der Waals surface area contributed by atoms with Gasteiger partial charge < -0.3 is 20.1 Å². The van der Waals surface area contributed by atoms with Gasteiger partial charge in [0.2, 0.25) is 5.91 Å². The Hall–Kier alpha value is -3.02. The molecule has 0 saturated heterocycles. The second kappa shape index (κ2) is 7.47. The van der Waals surface area contributed by atoms with Gasteiger partial charge in [-0.15, -0.1) is 0 Å². The van der Waals surface area contributed by atoms with E-state index in [0.717, 1.165) is 11.1 Å². The molecule has 1 aliphatic rings. The van der Waals surface area contributed by atoms with Crippen LogP contribution in [-0.4, -0.2) is 36.0 Å². The van der Waals surface area contributed by atoms with Crippen molar-refractivity contribution in [1.29, 1.82) is 0 Å². The lowest BCUT2D eigenvalue weighted by Gasteiger charge is -2.36. The molecule has 0 saturated carbocycles. The Morgan fingerprint density at radius 1 is 1.08 bits per heavy atom. The van der Waals surface area contributed by atoms with Crippen molar-refractivity contribution in [2.24, 2.45) is 5.73 Å². The lowest BCUT2D eigenvalue weighted by molar-refractivity contribution is -0.146. The number of amides is 2. The molecule has 0 radical (unpaired) electrons. The van der Waals surface area contributed by atoms with E-state index in [4.69, 9.17) is 15.2 Å². The maximum absolute atomic E-state index is 12.9. The Bertz CT molecular complexity index is 804. The molecule has 2 atom stereocenters. The van der Waals surface area contributed by atoms with Crippen LogP contribution < -0.4 is 15.2 Å². The molecule has 2 aromatic carbocycles. The molecule has 26 heavy (non-hydrogen) atoms. The largest absolute Gasteiger partial charge is 0.497 e. The van der Waals surface area contributed by atoms with Gasteiger partial charge in [0.15, 0.2) is 6.10 Å². The number of methoxy groups -OCH3 is 1. The van der Waals surface area contributed by atoms with E-state index in [1.54, 1.807) is 38.3 Å². The van der Waals surface area contributed by atoms with Crippen LogP contribution in [0.5, 0.6) is 11.5 Å². The molecule has 6 nitrogen and oxygen atoms in total. The van der Waals surface area contributed by atoms with Gasteiger partial charge in [0.25, 0.3) is 5.91 Å². The smallest absolute Gasteiger partial charge is 0.264 e. The molecule has 3 rings (SSSR count). The molecule has 6 heteroatoms. The molecule has 2 aromatic rings. The van der Waals surface area contributed by atoms with Crippen molar-refractivity contribution >= 4 is 11.8 Å². The zero-order chi connectivity index (χ0) is 18.7. The van der Waals surface area contributed by atoms with Crippen molar-refractivity contribution < 1.29 is 19.1 Å². The van der Waals surface area contributed by atoms with E-state index in [1.807, 2.05) is 24.3 Å². The average Bonchev–Trinajstić information content (AvgIpc) is 2.66. The summed E-state index contributed by atoms with van der Waals surface area (Å²) < 4.78 is 10.9. The van der Waals surface area contributed by atoms with E-state index in [2.05, 4.69) is 0 Å². The van der Waals surface area contributed by atoms with Gasteiger partial charge in [0.1, 0.15) is 17.5 Å². The highest BCUT2D eigenvalue weighted by Gasteiger charge is 2.35. The number of hydrogen-bond donors (Lipinski definition) is 1. The van der Waals surface area contributed by atoms with Gasteiger partial charge in [-0.1, -0.05) is 24.3 Å². The molecule has 1 aliphatic heterocycles. The van der Waals surface area contributed by atoms with Crippen LogP contribution in [0.15, 0.2) is 48.5 Å². The third-order valence-electron chi connectivity index (χ3n) is 4.58. The van der Waals surface area contributed by atoms with Gasteiger partial charge in [0.05, 0.1) is 7.11 Å². The minimum Gasteiger partial charge on any atom is -0.497 e. The zero-order valence-corrected chi connectivity index (χ0v) is 14.8. The second-order valence-corrected chi connectivity index (χ2v) is 6.29. The summed E-state index contributed by atoms with van der Waals surface area (Å²) in [6.07, 6.45) is -0.317. The molecule has 0 aromatic heterocycles. The maximum atomic E-state index is 12.9. The van der Waals surface area contributed by atoms with Crippen molar-refractivity contribution in [3.63, 3.8) is 0 Å². The van der Waals surface area contributed by atoms with Crippen molar-refractivity contribution in [1.82, 2.24) is 4.90 Å². The van der Waals surface area contributed by atoms with Crippen LogP contribution in [0.25, 0.3) is 0 Å². The number of nitrogens with zero attached hydrogens (tertiary/aromatic N) is 1. The van der Waals surface area contributed by atoms with Gasteiger partial charge in [-0.3, -0.25) is 9.59 Å². The monoisotopic (exact) mass is 354 g/mol. The SMILES string of the molecule is COc1ccc(O[C@H](C)C(=O)N2Cc3ccccc3C[C@H]2C(N)=O)cc1. The first-order chi connectivity index (χ1) is 12.5. The number of ether oxygens (including phenoxy) is 2. The van der Waals surface area contributed by atoms with Crippen LogP contribution in [0.4, 0.5) is 0 Å². The summed E-state index contributed by atoms with van der Waals surface area (Å²) in [7, 11) is 1.58. The van der Waals surface area contributed by atoms with Gasteiger partial charge in [0, 0.05) is 13.0 Å². The van der Waals surface area contributed by atoms with E-state index in [9.17, 15) is 9.59 Å². The number of primary amides is 1. The van der Waals surface area contributed by atoms with Crippen LogP contribution in [0.1, 0.15) is 18.1 Å². The quantitative estimate of drug-likeness (QED) is 0.889. The molecule has 0 bridgehead atoms. The van der Waals surface area contributed by atoms with Gasteiger partial charge in [-0.2, -0.15) is 0 Å². The number of nitrogens with two attached hydrogens (primary N) is 1. The van der Waals surface area contributed by atoms with Crippen molar-refractivity contribution in [3.8, 4) is 11.5 Å². The Balaban J connectivity index is 1.76. The summed E-state index contributed by atoms with van der Waals surface area (Å²) in [5.41, 5.74) is 7.62. The zero-order valence-electron chi connectivity index (χ0n) is 14.8. The Labute approximate surface area is 152 Å². The number of carbonyl (C=O) groups is 2. The molecular formula is C20H22N2O4. The molecule has 136 valence electrons. The van der Waals surface area contributed by atoms with E-state index in [0.29, 0.717) is 24.5 Å². The molecule has 0 aliphatic carbocycles. The highest BCUT2D eigenvalue weighted by molar-refractivity contribution is 5.89. The summed E-state index contributed by atoms with van der Waals surface area (Å²) in [6.45, 7) is 2.02. The number of rotatable bonds is 5. The molecule has 0 fully saturated rings. The highest BCUT2D eigenvalue weighted by atomic mass is 16.5. The van der Waals surface area contributed by atoms with E-state index in [-0.39, 0.29) is 5.91 Å². The molecule has 0 spiro atoms. The van der Waals surface area contributed by atoms with Crippen LogP contribution >= 0.6 is 0 Å². The lowest BCUT2D eigenvalue weighted by Crippen LogP contribution is -2.54. The fourth-order valence-corrected chi connectivity index (χ4v) is 3.15. The Morgan fingerprint density at radius 3 is 2.31 bits per heavy atom.